The summed E-state index contributed by atoms with van der Waals surface area (Å²) in [5.41, 5.74) is 0.798. The molecule has 1 aromatic carbocycles. The molecular formula is C12H15N3OS. The lowest BCUT2D eigenvalue weighted by atomic mass is 10.3. The molecular weight excluding hydrogens is 234 g/mol. The number of amidine groups is 1. The Morgan fingerprint density at radius 2 is 2.18 bits per heavy atom. The Morgan fingerprint density at radius 3 is 2.71 bits per heavy atom. The normalized spacial score (nSPS) is 10.8. The molecule has 0 aliphatic carbocycles. The molecule has 17 heavy (non-hydrogen) atoms. The van der Waals surface area contributed by atoms with Crippen LogP contribution in [0.15, 0.2) is 29.3 Å². The van der Waals surface area contributed by atoms with E-state index in [2.05, 4.69) is 17.2 Å². The summed E-state index contributed by atoms with van der Waals surface area (Å²) in [6, 6.07) is 7.38. The molecule has 0 aliphatic heterocycles. The zero-order valence-corrected chi connectivity index (χ0v) is 10.8. The summed E-state index contributed by atoms with van der Waals surface area (Å²) in [6.07, 6.45) is 2.93. The SMILES string of the molecule is CCCSC(=Nc1ccc(OC)cc1)NC#N. The fourth-order valence-corrected chi connectivity index (χ4v) is 1.80. The van der Waals surface area contributed by atoms with E-state index in [0.29, 0.717) is 5.17 Å². The molecule has 4 nitrogen and oxygen atoms in total. The Morgan fingerprint density at radius 1 is 1.47 bits per heavy atom. The first-order valence-corrected chi connectivity index (χ1v) is 6.29. The smallest absolute Gasteiger partial charge is 0.183 e. The van der Waals surface area contributed by atoms with Crippen LogP contribution in [0.25, 0.3) is 0 Å². The van der Waals surface area contributed by atoms with Crippen molar-refractivity contribution in [3.05, 3.63) is 24.3 Å². The fraction of sp³-hybridized carbons (Fsp3) is 0.333. The third kappa shape index (κ3) is 4.79. The molecule has 0 aliphatic rings. The van der Waals surface area contributed by atoms with Crippen LogP contribution in [0.4, 0.5) is 5.69 Å². The van der Waals surface area contributed by atoms with Crippen molar-refractivity contribution in [2.45, 2.75) is 13.3 Å². The van der Waals surface area contributed by atoms with Gasteiger partial charge in [-0.15, -0.1) is 0 Å². The minimum atomic E-state index is 0.625. The zero-order chi connectivity index (χ0) is 12.5. The van der Waals surface area contributed by atoms with Gasteiger partial charge in [0.15, 0.2) is 11.4 Å². The van der Waals surface area contributed by atoms with Crippen LogP contribution in [0.5, 0.6) is 5.75 Å². The van der Waals surface area contributed by atoms with E-state index in [1.54, 1.807) is 7.11 Å². The highest BCUT2D eigenvalue weighted by Crippen LogP contribution is 2.19. The molecule has 0 saturated carbocycles. The van der Waals surface area contributed by atoms with Gasteiger partial charge in [0.25, 0.3) is 0 Å². The molecule has 0 unspecified atom stereocenters. The molecule has 0 radical (unpaired) electrons. The lowest BCUT2D eigenvalue weighted by Crippen LogP contribution is -2.13. The number of nitrogens with one attached hydrogen (secondary N) is 1. The van der Waals surface area contributed by atoms with E-state index in [4.69, 9.17) is 10.00 Å². The minimum absolute atomic E-state index is 0.625. The molecule has 0 atom stereocenters. The van der Waals surface area contributed by atoms with Crippen LogP contribution in [-0.4, -0.2) is 18.0 Å². The number of hydrogen-bond acceptors (Lipinski definition) is 4. The largest absolute Gasteiger partial charge is 0.497 e. The summed E-state index contributed by atoms with van der Waals surface area (Å²) in [5.74, 6) is 1.73. The van der Waals surface area contributed by atoms with Crippen molar-refractivity contribution in [2.75, 3.05) is 12.9 Å². The van der Waals surface area contributed by atoms with Crippen LogP contribution in [0.2, 0.25) is 0 Å². The summed E-state index contributed by atoms with van der Waals surface area (Å²) in [7, 11) is 1.62. The van der Waals surface area contributed by atoms with Gasteiger partial charge in [0.2, 0.25) is 0 Å². The van der Waals surface area contributed by atoms with Gasteiger partial charge in [-0.05, 0) is 30.7 Å². The maximum atomic E-state index is 8.62. The molecule has 0 spiro atoms. The van der Waals surface area contributed by atoms with Crippen LogP contribution >= 0.6 is 11.8 Å². The number of nitrogens with zero attached hydrogens (tertiary/aromatic N) is 2. The molecule has 5 heteroatoms. The topological polar surface area (TPSA) is 57.4 Å². The van der Waals surface area contributed by atoms with E-state index in [-0.39, 0.29) is 0 Å². The molecule has 1 aromatic rings. The van der Waals surface area contributed by atoms with Gasteiger partial charge in [0, 0.05) is 5.75 Å². The van der Waals surface area contributed by atoms with Crippen LogP contribution in [0, 0.1) is 11.5 Å². The zero-order valence-electron chi connectivity index (χ0n) is 9.93. The summed E-state index contributed by atoms with van der Waals surface area (Å²) >= 11 is 1.54. The molecule has 90 valence electrons. The Hall–Kier alpha value is -1.67. The van der Waals surface area contributed by atoms with Gasteiger partial charge >= 0.3 is 0 Å². The molecule has 1 rings (SSSR count). The van der Waals surface area contributed by atoms with Gasteiger partial charge in [0.1, 0.15) is 5.75 Å². The molecule has 0 aromatic heterocycles. The molecule has 0 amide bonds. The van der Waals surface area contributed by atoms with Crippen LogP contribution in [-0.2, 0) is 0 Å². The van der Waals surface area contributed by atoms with Crippen LogP contribution in [0.3, 0.4) is 0 Å². The maximum absolute atomic E-state index is 8.62. The number of thioether (sulfide) groups is 1. The fourth-order valence-electron chi connectivity index (χ4n) is 1.12. The molecule has 1 N–H and O–H groups in total. The molecule has 0 heterocycles. The van der Waals surface area contributed by atoms with Gasteiger partial charge < -0.3 is 4.74 Å². The number of nitriles is 1. The predicted molar refractivity (Wildman–Crippen MR) is 71.6 cm³/mol. The second-order valence-corrected chi connectivity index (χ2v) is 4.28. The highest BCUT2D eigenvalue weighted by molar-refractivity contribution is 8.13. The quantitative estimate of drug-likeness (QED) is 0.386. The Balaban J connectivity index is 2.76. The number of hydrogen-bond donors (Lipinski definition) is 1. The average Bonchev–Trinajstić information content (AvgIpc) is 2.37. The van der Waals surface area contributed by atoms with Gasteiger partial charge in [0.05, 0.1) is 12.8 Å². The highest BCUT2D eigenvalue weighted by Gasteiger charge is 1.99. The number of methoxy groups -OCH3 is 1. The van der Waals surface area contributed by atoms with Gasteiger partial charge in [-0.3, -0.25) is 5.32 Å². The molecule has 0 bridgehead atoms. The van der Waals surface area contributed by atoms with Crippen molar-refractivity contribution in [3.63, 3.8) is 0 Å². The highest BCUT2D eigenvalue weighted by atomic mass is 32.2. The van der Waals surface area contributed by atoms with Crippen molar-refractivity contribution in [3.8, 4) is 11.9 Å². The first-order valence-electron chi connectivity index (χ1n) is 5.30. The monoisotopic (exact) mass is 249 g/mol. The first kappa shape index (κ1) is 13.4. The molecule has 0 saturated heterocycles. The second-order valence-electron chi connectivity index (χ2n) is 3.20. The summed E-state index contributed by atoms with van der Waals surface area (Å²) < 4.78 is 5.06. The minimum Gasteiger partial charge on any atom is -0.497 e. The third-order valence-electron chi connectivity index (χ3n) is 1.91. The van der Waals surface area contributed by atoms with Crippen molar-refractivity contribution >= 4 is 22.6 Å². The van der Waals surface area contributed by atoms with Crippen molar-refractivity contribution in [2.24, 2.45) is 4.99 Å². The standard InChI is InChI=1S/C12H15N3OS/c1-3-8-17-12(14-9-13)15-10-4-6-11(16-2)7-5-10/h4-7H,3,8H2,1-2H3,(H,14,15). The van der Waals surface area contributed by atoms with Crippen molar-refractivity contribution < 1.29 is 4.74 Å². The van der Waals surface area contributed by atoms with E-state index in [9.17, 15) is 0 Å². The summed E-state index contributed by atoms with van der Waals surface area (Å²) in [5, 5.41) is 11.8. The van der Waals surface area contributed by atoms with E-state index in [1.807, 2.05) is 30.5 Å². The van der Waals surface area contributed by atoms with Gasteiger partial charge in [-0.1, -0.05) is 18.7 Å². The number of aliphatic imine (C=N–C) groups is 1. The number of ether oxygens (including phenoxy) is 1. The van der Waals surface area contributed by atoms with E-state index < -0.39 is 0 Å². The predicted octanol–water partition coefficient (Wildman–Crippen LogP) is 2.90. The van der Waals surface area contributed by atoms with E-state index in [0.717, 1.165) is 23.6 Å². The summed E-state index contributed by atoms with van der Waals surface area (Å²) in [4.78, 5) is 4.35. The van der Waals surface area contributed by atoms with Gasteiger partial charge in [-0.2, -0.15) is 5.26 Å². The van der Waals surface area contributed by atoms with Gasteiger partial charge in [-0.25, -0.2) is 4.99 Å². The summed E-state index contributed by atoms with van der Waals surface area (Å²) in [6.45, 7) is 2.09. The van der Waals surface area contributed by atoms with Crippen LogP contribution in [0.1, 0.15) is 13.3 Å². The number of rotatable bonds is 4. The lowest BCUT2D eigenvalue weighted by Gasteiger charge is -2.03. The Labute approximate surface area is 106 Å². The second kappa shape index (κ2) is 7.58. The number of benzene rings is 1. The Kier molecular flexibility index (Phi) is 5.97. The average molecular weight is 249 g/mol. The van der Waals surface area contributed by atoms with Crippen molar-refractivity contribution in [1.82, 2.24) is 5.32 Å². The van der Waals surface area contributed by atoms with Crippen LogP contribution < -0.4 is 10.1 Å². The third-order valence-corrected chi connectivity index (χ3v) is 2.99. The van der Waals surface area contributed by atoms with Crippen molar-refractivity contribution in [1.29, 1.82) is 5.26 Å². The first-order chi connectivity index (χ1) is 8.30. The lowest BCUT2D eigenvalue weighted by molar-refractivity contribution is 0.415. The Bertz CT molecular complexity index is 409. The molecule has 0 fully saturated rings. The van der Waals surface area contributed by atoms with E-state index in [1.165, 1.54) is 11.8 Å². The van der Waals surface area contributed by atoms with E-state index >= 15 is 0 Å². The maximum Gasteiger partial charge on any atom is 0.183 e.